The molecule has 132 valence electrons. The zero-order valence-corrected chi connectivity index (χ0v) is 14.2. The summed E-state index contributed by atoms with van der Waals surface area (Å²) in [4.78, 5) is 35.0. The monoisotopic (exact) mass is 337 g/mol. The maximum Gasteiger partial charge on any atom is 0.408 e. The minimum absolute atomic E-state index is 0.103. The average Bonchev–Trinajstić information content (AvgIpc) is 2.44. The SMILES string of the molecule is C[C@H](NC(=O)OC(C)(C)C)C(=O)Oc1ccccc1[C@H](N)C(N)=O. The number of rotatable bonds is 5. The maximum atomic E-state index is 12.1. The number of nitrogens with two attached hydrogens (primary N) is 2. The van der Waals surface area contributed by atoms with E-state index in [-0.39, 0.29) is 11.3 Å². The molecule has 0 fully saturated rings. The average molecular weight is 337 g/mol. The van der Waals surface area contributed by atoms with Crippen molar-refractivity contribution in [2.75, 3.05) is 0 Å². The van der Waals surface area contributed by atoms with Crippen LogP contribution in [0, 0.1) is 0 Å². The van der Waals surface area contributed by atoms with Crippen LogP contribution in [0.4, 0.5) is 4.79 Å². The Kier molecular flexibility index (Phi) is 6.30. The van der Waals surface area contributed by atoms with E-state index in [1.807, 2.05) is 0 Å². The molecule has 0 saturated carbocycles. The lowest BCUT2D eigenvalue weighted by Crippen LogP contribution is -2.43. The number of benzene rings is 1. The Hall–Kier alpha value is -2.61. The molecule has 1 rings (SSSR count). The van der Waals surface area contributed by atoms with Crippen LogP contribution in [-0.4, -0.2) is 29.6 Å². The van der Waals surface area contributed by atoms with E-state index < -0.39 is 35.7 Å². The molecular weight excluding hydrogens is 314 g/mol. The lowest BCUT2D eigenvalue weighted by Gasteiger charge is -2.21. The fourth-order valence-corrected chi connectivity index (χ4v) is 1.72. The predicted octanol–water partition coefficient (Wildman–Crippen LogP) is 0.990. The number of carbonyl (C=O) groups is 3. The lowest BCUT2D eigenvalue weighted by atomic mass is 10.1. The maximum absolute atomic E-state index is 12.1. The van der Waals surface area contributed by atoms with Gasteiger partial charge in [-0.25, -0.2) is 9.59 Å². The first-order valence-corrected chi connectivity index (χ1v) is 7.36. The molecule has 0 saturated heterocycles. The van der Waals surface area contributed by atoms with E-state index in [2.05, 4.69) is 5.32 Å². The van der Waals surface area contributed by atoms with E-state index in [0.29, 0.717) is 0 Å². The molecule has 0 heterocycles. The first kappa shape index (κ1) is 19.4. The Morgan fingerprint density at radius 1 is 1.17 bits per heavy atom. The molecule has 0 bridgehead atoms. The number of hydrogen-bond acceptors (Lipinski definition) is 6. The zero-order chi connectivity index (χ0) is 18.5. The van der Waals surface area contributed by atoms with Gasteiger partial charge in [0.15, 0.2) is 0 Å². The Morgan fingerprint density at radius 2 is 1.75 bits per heavy atom. The van der Waals surface area contributed by atoms with Gasteiger partial charge in [0.2, 0.25) is 5.91 Å². The fraction of sp³-hybridized carbons (Fsp3) is 0.438. The molecule has 1 aromatic carbocycles. The summed E-state index contributed by atoms with van der Waals surface area (Å²) in [7, 11) is 0. The summed E-state index contributed by atoms with van der Waals surface area (Å²) in [5.41, 5.74) is 10.5. The van der Waals surface area contributed by atoms with Gasteiger partial charge in [0.1, 0.15) is 23.4 Å². The zero-order valence-electron chi connectivity index (χ0n) is 14.2. The van der Waals surface area contributed by atoms with Gasteiger partial charge in [-0.2, -0.15) is 0 Å². The summed E-state index contributed by atoms with van der Waals surface area (Å²) in [5.74, 6) is -1.38. The van der Waals surface area contributed by atoms with Crippen LogP contribution in [0.15, 0.2) is 24.3 Å². The van der Waals surface area contributed by atoms with Crippen molar-refractivity contribution in [1.82, 2.24) is 5.32 Å². The number of para-hydroxylation sites is 1. The number of carbonyl (C=O) groups excluding carboxylic acids is 3. The summed E-state index contributed by atoms with van der Waals surface area (Å²) >= 11 is 0. The van der Waals surface area contributed by atoms with Crippen LogP contribution in [0.3, 0.4) is 0 Å². The highest BCUT2D eigenvalue weighted by Gasteiger charge is 2.24. The molecule has 0 aliphatic rings. The highest BCUT2D eigenvalue weighted by molar-refractivity contribution is 5.85. The van der Waals surface area contributed by atoms with Crippen LogP contribution < -0.4 is 21.5 Å². The van der Waals surface area contributed by atoms with Crippen LogP contribution in [0.1, 0.15) is 39.3 Å². The second-order valence-corrected chi connectivity index (χ2v) is 6.21. The first-order valence-electron chi connectivity index (χ1n) is 7.36. The van der Waals surface area contributed by atoms with Gasteiger partial charge < -0.3 is 26.3 Å². The van der Waals surface area contributed by atoms with E-state index in [1.165, 1.54) is 19.1 Å². The summed E-state index contributed by atoms with van der Waals surface area (Å²) in [6, 6.07) is 4.20. The lowest BCUT2D eigenvalue weighted by molar-refractivity contribution is -0.136. The van der Waals surface area contributed by atoms with E-state index >= 15 is 0 Å². The quantitative estimate of drug-likeness (QED) is 0.542. The summed E-state index contributed by atoms with van der Waals surface area (Å²) < 4.78 is 10.3. The van der Waals surface area contributed by atoms with Crippen molar-refractivity contribution in [3.8, 4) is 5.75 Å². The molecule has 0 unspecified atom stereocenters. The third kappa shape index (κ3) is 5.88. The Bertz CT molecular complexity index is 624. The van der Waals surface area contributed by atoms with E-state index in [0.717, 1.165) is 0 Å². The minimum Gasteiger partial charge on any atom is -0.444 e. The fourth-order valence-electron chi connectivity index (χ4n) is 1.72. The topological polar surface area (TPSA) is 134 Å². The highest BCUT2D eigenvalue weighted by atomic mass is 16.6. The van der Waals surface area contributed by atoms with Crippen LogP contribution in [0.2, 0.25) is 0 Å². The normalized spacial score (nSPS) is 13.5. The van der Waals surface area contributed by atoms with Crippen molar-refractivity contribution < 1.29 is 23.9 Å². The van der Waals surface area contributed by atoms with Crippen molar-refractivity contribution >= 4 is 18.0 Å². The Morgan fingerprint density at radius 3 is 2.29 bits per heavy atom. The number of amides is 2. The molecule has 8 nitrogen and oxygen atoms in total. The van der Waals surface area contributed by atoms with Crippen LogP contribution in [0.5, 0.6) is 5.75 Å². The number of ether oxygens (including phenoxy) is 2. The van der Waals surface area contributed by atoms with Gasteiger partial charge in [0, 0.05) is 5.56 Å². The molecule has 0 radical (unpaired) electrons. The van der Waals surface area contributed by atoms with E-state index in [9.17, 15) is 14.4 Å². The molecular formula is C16H23N3O5. The molecule has 1 aromatic rings. The number of alkyl carbamates (subject to hydrolysis) is 1. The van der Waals surface area contributed by atoms with Crippen molar-refractivity contribution in [1.29, 1.82) is 0 Å². The van der Waals surface area contributed by atoms with Gasteiger partial charge in [-0.3, -0.25) is 4.79 Å². The van der Waals surface area contributed by atoms with Crippen LogP contribution in [-0.2, 0) is 14.3 Å². The van der Waals surface area contributed by atoms with Crippen molar-refractivity contribution in [2.24, 2.45) is 11.5 Å². The highest BCUT2D eigenvalue weighted by Crippen LogP contribution is 2.23. The van der Waals surface area contributed by atoms with Crippen LogP contribution in [0.25, 0.3) is 0 Å². The predicted molar refractivity (Wildman–Crippen MR) is 87.0 cm³/mol. The van der Waals surface area contributed by atoms with E-state index in [1.54, 1.807) is 32.9 Å². The minimum atomic E-state index is -1.11. The number of esters is 1. The molecule has 0 aliphatic heterocycles. The molecule has 0 aromatic heterocycles. The van der Waals surface area contributed by atoms with Gasteiger partial charge >= 0.3 is 12.1 Å². The molecule has 2 amide bonds. The molecule has 5 N–H and O–H groups in total. The standard InChI is InChI=1S/C16H23N3O5/c1-9(19-15(22)24-16(2,3)4)14(21)23-11-8-6-5-7-10(11)12(17)13(18)20/h5-9,12H,17H2,1-4H3,(H2,18,20)(H,19,22)/t9-,12-/m0/s1. The number of primary amides is 1. The van der Waals surface area contributed by atoms with Crippen molar-refractivity contribution in [3.05, 3.63) is 29.8 Å². The number of hydrogen-bond donors (Lipinski definition) is 3. The van der Waals surface area contributed by atoms with Gasteiger partial charge in [-0.1, -0.05) is 18.2 Å². The van der Waals surface area contributed by atoms with Crippen LogP contribution >= 0.6 is 0 Å². The molecule has 8 heteroatoms. The third-order valence-electron chi connectivity index (χ3n) is 2.86. The van der Waals surface area contributed by atoms with Gasteiger partial charge in [0.05, 0.1) is 0 Å². The van der Waals surface area contributed by atoms with Gasteiger partial charge in [-0.05, 0) is 33.8 Å². The second kappa shape index (κ2) is 7.78. The molecule has 24 heavy (non-hydrogen) atoms. The Balaban J connectivity index is 2.78. The first-order chi connectivity index (χ1) is 11.0. The summed E-state index contributed by atoms with van der Waals surface area (Å²) in [5, 5.41) is 2.37. The van der Waals surface area contributed by atoms with Gasteiger partial charge in [0.25, 0.3) is 0 Å². The van der Waals surface area contributed by atoms with Gasteiger partial charge in [-0.15, -0.1) is 0 Å². The smallest absolute Gasteiger partial charge is 0.408 e. The van der Waals surface area contributed by atoms with Crippen molar-refractivity contribution in [2.45, 2.75) is 45.4 Å². The van der Waals surface area contributed by atoms with E-state index in [4.69, 9.17) is 20.9 Å². The Labute approximate surface area is 140 Å². The molecule has 0 aliphatic carbocycles. The van der Waals surface area contributed by atoms with Crippen molar-refractivity contribution in [3.63, 3.8) is 0 Å². The molecule has 2 atom stereocenters. The third-order valence-corrected chi connectivity index (χ3v) is 2.86. The number of nitrogens with one attached hydrogen (secondary N) is 1. The summed E-state index contributed by atoms with van der Waals surface area (Å²) in [6.07, 6.45) is -0.742. The largest absolute Gasteiger partial charge is 0.444 e. The summed E-state index contributed by atoms with van der Waals surface area (Å²) in [6.45, 7) is 6.56. The molecule has 0 spiro atoms. The second-order valence-electron chi connectivity index (χ2n) is 6.21.